The fourth-order valence-corrected chi connectivity index (χ4v) is 4.54. The molecule has 0 radical (unpaired) electrons. The van der Waals surface area contributed by atoms with Crippen molar-refractivity contribution in [3.05, 3.63) is 24.3 Å². The zero-order valence-electron chi connectivity index (χ0n) is 13.1. The third kappa shape index (κ3) is 4.51. The summed E-state index contributed by atoms with van der Waals surface area (Å²) >= 11 is 0. The van der Waals surface area contributed by atoms with E-state index in [1.165, 1.54) is 31.3 Å². The molecular weight excluding hydrogens is 338 g/mol. The molecule has 1 saturated carbocycles. The molecule has 9 heteroatoms. The van der Waals surface area contributed by atoms with Crippen molar-refractivity contribution in [3.63, 3.8) is 0 Å². The molecule has 0 aromatic heterocycles. The topological polar surface area (TPSA) is 118 Å². The number of hydrogen-bond donors (Lipinski definition) is 3. The first-order chi connectivity index (χ1) is 10.7. The van der Waals surface area contributed by atoms with Crippen LogP contribution in [0.2, 0.25) is 0 Å². The molecule has 1 aromatic rings. The highest BCUT2D eigenvalue weighted by molar-refractivity contribution is 7.90. The molecule has 23 heavy (non-hydrogen) atoms. The van der Waals surface area contributed by atoms with Crippen molar-refractivity contribution in [3.8, 4) is 0 Å². The Morgan fingerprint density at radius 2 is 1.43 bits per heavy atom. The minimum absolute atomic E-state index is 0.0153. The minimum Gasteiger partial charge on any atom is -0.324 e. The van der Waals surface area contributed by atoms with Crippen LogP contribution in [0.4, 0.5) is 0 Å². The third-order valence-corrected chi connectivity index (χ3v) is 7.02. The first-order valence-corrected chi connectivity index (χ1v) is 10.5. The van der Waals surface area contributed by atoms with Gasteiger partial charge in [0.1, 0.15) is 0 Å². The van der Waals surface area contributed by atoms with Gasteiger partial charge < -0.3 is 5.73 Å². The van der Waals surface area contributed by atoms with Gasteiger partial charge >= 0.3 is 0 Å². The molecule has 0 heterocycles. The van der Waals surface area contributed by atoms with Crippen molar-refractivity contribution in [2.45, 2.75) is 47.4 Å². The molecule has 0 bridgehead atoms. The van der Waals surface area contributed by atoms with Gasteiger partial charge in [-0.2, -0.15) is 0 Å². The molecule has 130 valence electrons. The molecule has 0 aliphatic heterocycles. The van der Waals surface area contributed by atoms with Crippen LogP contribution in [0.5, 0.6) is 0 Å². The highest BCUT2D eigenvalue weighted by Crippen LogP contribution is 2.25. The van der Waals surface area contributed by atoms with E-state index in [4.69, 9.17) is 5.73 Å². The zero-order valence-corrected chi connectivity index (χ0v) is 14.7. The van der Waals surface area contributed by atoms with Gasteiger partial charge in [-0.1, -0.05) is 19.3 Å². The monoisotopic (exact) mass is 361 g/mol. The van der Waals surface area contributed by atoms with Crippen LogP contribution >= 0.6 is 0 Å². The molecule has 2 rings (SSSR count). The van der Waals surface area contributed by atoms with E-state index in [-0.39, 0.29) is 16.3 Å². The lowest BCUT2D eigenvalue weighted by molar-refractivity contribution is 0.296. The van der Waals surface area contributed by atoms with Gasteiger partial charge in [-0.3, -0.25) is 0 Å². The van der Waals surface area contributed by atoms with Crippen molar-refractivity contribution in [1.82, 2.24) is 9.44 Å². The molecule has 1 aliphatic rings. The lowest BCUT2D eigenvalue weighted by Crippen LogP contribution is -2.51. The van der Waals surface area contributed by atoms with Gasteiger partial charge in [-0.05, 0) is 44.2 Å². The minimum atomic E-state index is -3.71. The molecular formula is C14H23N3O4S2. The third-order valence-electron chi connectivity index (χ3n) is 4.18. The van der Waals surface area contributed by atoms with Crippen LogP contribution in [0.3, 0.4) is 0 Å². The lowest BCUT2D eigenvalue weighted by Gasteiger charge is -2.33. The Morgan fingerprint density at radius 1 is 0.957 bits per heavy atom. The number of rotatable bonds is 6. The normalized spacial score (nSPS) is 18.7. The maximum absolute atomic E-state index is 12.3. The van der Waals surface area contributed by atoms with E-state index < -0.39 is 25.6 Å². The molecule has 1 fully saturated rings. The molecule has 0 unspecified atom stereocenters. The van der Waals surface area contributed by atoms with Crippen LogP contribution < -0.4 is 15.2 Å². The van der Waals surface area contributed by atoms with Gasteiger partial charge in [0.15, 0.2) is 0 Å². The summed E-state index contributed by atoms with van der Waals surface area (Å²) in [6, 6.07) is 5.08. The highest BCUT2D eigenvalue weighted by atomic mass is 32.2. The second kappa shape index (κ2) is 6.86. The van der Waals surface area contributed by atoms with Crippen LogP contribution in [0, 0.1) is 0 Å². The average molecular weight is 361 g/mol. The number of nitrogens with two attached hydrogens (primary N) is 1. The molecule has 1 aliphatic carbocycles. The van der Waals surface area contributed by atoms with Gasteiger partial charge in [0, 0.05) is 12.1 Å². The van der Waals surface area contributed by atoms with Crippen molar-refractivity contribution >= 4 is 20.0 Å². The first-order valence-electron chi connectivity index (χ1n) is 7.51. The lowest BCUT2D eigenvalue weighted by atomic mass is 9.83. The maximum Gasteiger partial charge on any atom is 0.240 e. The number of hydrogen-bond acceptors (Lipinski definition) is 5. The first kappa shape index (κ1) is 18.3. The summed E-state index contributed by atoms with van der Waals surface area (Å²) in [7, 11) is -6.00. The second-order valence-corrected chi connectivity index (χ2v) is 9.58. The van der Waals surface area contributed by atoms with E-state index in [9.17, 15) is 16.8 Å². The van der Waals surface area contributed by atoms with E-state index in [1.807, 2.05) is 0 Å². The summed E-state index contributed by atoms with van der Waals surface area (Å²) in [5.74, 6) is 0. The Bertz CT molecular complexity index is 737. The number of nitrogens with one attached hydrogen (secondary N) is 2. The van der Waals surface area contributed by atoms with Crippen LogP contribution in [0.25, 0.3) is 0 Å². The van der Waals surface area contributed by atoms with Crippen LogP contribution in [0.1, 0.15) is 32.1 Å². The van der Waals surface area contributed by atoms with E-state index in [1.54, 1.807) is 0 Å². The summed E-state index contributed by atoms with van der Waals surface area (Å²) in [5, 5.41) is 0. The van der Waals surface area contributed by atoms with E-state index in [0.717, 1.165) is 32.1 Å². The highest BCUT2D eigenvalue weighted by Gasteiger charge is 2.29. The smallest absolute Gasteiger partial charge is 0.240 e. The molecule has 4 N–H and O–H groups in total. The Morgan fingerprint density at radius 3 is 1.91 bits per heavy atom. The fraction of sp³-hybridized carbons (Fsp3) is 0.571. The van der Waals surface area contributed by atoms with Gasteiger partial charge in [-0.15, -0.1) is 0 Å². The van der Waals surface area contributed by atoms with Gasteiger partial charge in [-0.25, -0.2) is 26.3 Å². The average Bonchev–Trinajstić information content (AvgIpc) is 2.54. The fourth-order valence-electron chi connectivity index (χ4n) is 2.67. The predicted molar refractivity (Wildman–Crippen MR) is 87.9 cm³/mol. The standard InChI is InChI=1S/C14H23N3O4S2/c1-16-22(18,19)12-5-7-13(8-6-12)23(20,21)17-11-14(15)9-3-2-4-10-14/h5-8,16-17H,2-4,9-11,15H2,1H3. The van der Waals surface area contributed by atoms with Crippen LogP contribution in [0.15, 0.2) is 34.1 Å². The van der Waals surface area contributed by atoms with Crippen LogP contribution in [-0.4, -0.2) is 36.0 Å². The van der Waals surface area contributed by atoms with Crippen molar-refractivity contribution in [2.75, 3.05) is 13.6 Å². The summed E-state index contributed by atoms with van der Waals surface area (Å²) < 4.78 is 52.6. The Kier molecular flexibility index (Phi) is 5.47. The van der Waals surface area contributed by atoms with Crippen LogP contribution in [-0.2, 0) is 20.0 Å². The van der Waals surface area contributed by atoms with Gasteiger partial charge in [0.25, 0.3) is 0 Å². The second-order valence-electron chi connectivity index (χ2n) is 5.93. The van der Waals surface area contributed by atoms with Gasteiger partial charge in [0.2, 0.25) is 20.0 Å². The largest absolute Gasteiger partial charge is 0.324 e. The van der Waals surface area contributed by atoms with E-state index in [2.05, 4.69) is 9.44 Å². The number of benzene rings is 1. The zero-order chi connectivity index (χ0) is 17.1. The Hall–Kier alpha value is -1.00. The molecule has 0 saturated heterocycles. The van der Waals surface area contributed by atoms with Crippen molar-refractivity contribution in [1.29, 1.82) is 0 Å². The van der Waals surface area contributed by atoms with E-state index in [0.29, 0.717) is 0 Å². The molecule has 1 aromatic carbocycles. The predicted octanol–water partition coefficient (Wildman–Crippen LogP) is 0.535. The van der Waals surface area contributed by atoms with Gasteiger partial charge in [0.05, 0.1) is 9.79 Å². The summed E-state index contributed by atoms with van der Waals surface area (Å²) in [6.45, 7) is 0.186. The quantitative estimate of drug-likeness (QED) is 0.683. The van der Waals surface area contributed by atoms with Crippen molar-refractivity contribution < 1.29 is 16.8 Å². The Labute approximate surface area is 137 Å². The molecule has 7 nitrogen and oxygen atoms in total. The summed E-state index contributed by atoms with van der Waals surface area (Å²) in [5.41, 5.74) is 5.73. The summed E-state index contributed by atoms with van der Waals surface area (Å²) in [4.78, 5) is 0.0356. The molecule has 0 amide bonds. The Balaban J connectivity index is 2.10. The SMILES string of the molecule is CNS(=O)(=O)c1ccc(S(=O)(=O)NCC2(N)CCCCC2)cc1. The van der Waals surface area contributed by atoms with E-state index >= 15 is 0 Å². The number of sulfonamides is 2. The maximum atomic E-state index is 12.3. The molecule has 0 atom stereocenters. The van der Waals surface area contributed by atoms with Crippen molar-refractivity contribution in [2.24, 2.45) is 5.73 Å². The summed E-state index contributed by atoms with van der Waals surface area (Å²) in [6.07, 6.45) is 4.75. The molecule has 0 spiro atoms.